The number of hydrogen-bond acceptors (Lipinski definition) is 3. The van der Waals surface area contributed by atoms with Gasteiger partial charge in [-0.1, -0.05) is 37.6 Å². The van der Waals surface area contributed by atoms with Gasteiger partial charge >= 0.3 is 11.9 Å². The van der Waals surface area contributed by atoms with E-state index in [2.05, 4.69) is 6.92 Å². The van der Waals surface area contributed by atoms with Crippen LogP contribution in [0.25, 0.3) is 0 Å². The number of aryl methyl sites for hydroxylation is 1. The van der Waals surface area contributed by atoms with E-state index in [9.17, 15) is 14.7 Å². The van der Waals surface area contributed by atoms with E-state index in [0.717, 1.165) is 18.4 Å². The van der Waals surface area contributed by atoms with E-state index in [1.807, 2.05) is 24.3 Å². The molecule has 0 aliphatic heterocycles. The third-order valence-corrected chi connectivity index (χ3v) is 3.23. The van der Waals surface area contributed by atoms with Crippen LogP contribution in [-0.4, -0.2) is 22.6 Å². The molecule has 0 radical (unpaired) electrons. The average Bonchev–Trinajstić information content (AvgIpc) is 2.38. The molecule has 0 saturated carbocycles. The van der Waals surface area contributed by atoms with E-state index in [1.165, 1.54) is 5.56 Å². The van der Waals surface area contributed by atoms with E-state index in [1.54, 1.807) is 20.8 Å². The Bertz CT molecular complexity index is 497. The van der Waals surface area contributed by atoms with Crippen molar-refractivity contribution >= 4 is 11.9 Å². The van der Waals surface area contributed by atoms with Gasteiger partial charge < -0.3 is 9.84 Å². The van der Waals surface area contributed by atoms with Crippen LogP contribution in [0.3, 0.4) is 0 Å². The van der Waals surface area contributed by atoms with Crippen molar-refractivity contribution in [3.63, 3.8) is 0 Å². The molecular formula is C18H26O4. The fraction of sp³-hybridized carbons (Fsp3) is 0.556. The Morgan fingerprint density at radius 3 is 2.14 bits per heavy atom. The van der Waals surface area contributed by atoms with Crippen molar-refractivity contribution < 1.29 is 19.4 Å². The van der Waals surface area contributed by atoms with Crippen molar-refractivity contribution in [2.24, 2.45) is 5.92 Å². The van der Waals surface area contributed by atoms with Crippen LogP contribution in [0.1, 0.15) is 51.7 Å². The molecule has 122 valence electrons. The first kappa shape index (κ1) is 18.2. The monoisotopic (exact) mass is 306 g/mol. The Kier molecular flexibility index (Phi) is 6.60. The highest BCUT2D eigenvalue weighted by atomic mass is 16.6. The van der Waals surface area contributed by atoms with E-state index in [0.29, 0.717) is 6.42 Å². The summed E-state index contributed by atoms with van der Waals surface area (Å²) in [5.74, 6) is -2.20. The van der Waals surface area contributed by atoms with E-state index >= 15 is 0 Å². The topological polar surface area (TPSA) is 63.6 Å². The molecule has 0 bridgehead atoms. The quantitative estimate of drug-likeness (QED) is 0.782. The van der Waals surface area contributed by atoms with Crippen LogP contribution in [0, 0.1) is 5.92 Å². The van der Waals surface area contributed by atoms with Crippen molar-refractivity contribution in [3.8, 4) is 0 Å². The molecule has 1 rings (SSSR count). The number of ether oxygens (including phenoxy) is 1. The molecule has 1 atom stereocenters. The summed E-state index contributed by atoms with van der Waals surface area (Å²) >= 11 is 0. The normalized spacial score (nSPS) is 12.7. The largest absolute Gasteiger partial charge is 0.481 e. The molecule has 0 heterocycles. The van der Waals surface area contributed by atoms with Gasteiger partial charge in [0, 0.05) is 0 Å². The molecule has 22 heavy (non-hydrogen) atoms. The van der Waals surface area contributed by atoms with Gasteiger partial charge in [-0.25, -0.2) is 0 Å². The molecule has 4 nitrogen and oxygen atoms in total. The van der Waals surface area contributed by atoms with Crippen molar-refractivity contribution in [1.82, 2.24) is 0 Å². The molecule has 0 amide bonds. The number of esters is 1. The number of aliphatic carboxylic acids is 1. The Balaban J connectivity index is 2.68. The number of benzene rings is 1. The zero-order chi connectivity index (χ0) is 16.8. The molecule has 0 unspecified atom stereocenters. The molecule has 0 aliphatic carbocycles. The standard InChI is InChI=1S/C18H26O4/c1-5-6-13-7-9-14(10-8-13)11-15(17(20)21)12-16(19)22-18(2,3)4/h7-10,15H,5-6,11-12H2,1-4H3,(H,20,21)/t15-/m0/s1. The Morgan fingerprint density at radius 2 is 1.68 bits per heavy atom. The molecule has 0 saturated heterocycles. The summed E-state index contributed by atoms with van der Waals surface area (Å²) < 4.78 is 5.20. The third kappa shape index (κ3) is 6.74. The molecule has 1 aromatic rings. The van der Waals surface area contributed by atoms with E-state index < -0.39 is 23.5 Å². The minimum atomic E-state index is -0.969. The lowest BCUT2D eigenvalue weighted by atomic mass is 9.95. The van der Waals surface area contributed by atoms with Crippen LogP contribution in [0.4, 0.5) is 0 Å². The van der Waals surface area contributed by atoms with Crippen LogP contribution in [0.2, 0.25) is 0 Å². The molecule has 1 aromatic carbocycles. The van der Waals surface area contributed by atoms with Crippen molar-refractivity contribution in [3.05, 3.63) is 35.4 Å². The number of rotatable bonds is 7. The van der Waals surface area contributed by atoms with E-state index in [-0.39, 0.29) is 6.42 Å². The highest BCUT2D eigenvalue weighted by molar-refractivity contribution is 5.79. The summed E-state index contributed by atoms with van der Waals surface area (Å²) in [6, 6.07) is 7.92. The van der Waals surface area contributed by atoms with E-state index in [4.69, 9.17) is 4.74 Å². The zero-order valence-electron chi connectivity index (χ0n) is 13.9. The SMILES string of the molecule is CCCc1ccc(C[C@@H](CC(=O)OC(C)(C)C)C(=O)O)cc1. The molecule has 0 aliphatic rings. The zero-order valence-corrected chi connectivity index (χ0v) is 13.9. The highest BCUT2D eigenvalue weighted by Crippen LogP contribution is 2.17. The van der Waals surface area contributed by atoms with Crippen LogP contribution in [0.15, 0.2) is 24.3 Å². The van der Waals surface area contributed by atoms with Gasteiger partial charge in [-0.3, -0.25) is 9.59 Å². The predicted molar refractivity (Wildman–Crippen MR) is 85.7 cm³/mol. The van der Waals surface area contributed by atoms with Gasteiger partial charge in [0.05, 0.1) is 12.3 Å². The summed E-state index contributed by atoms with van der Waals surface area (Å²) in [5.41, 5.74) is 1.57. The van der Waals surface area contributed by atoms with Crippen molar-refractivity contribution in [2.45, 2.75) is 59.0 Å². The molecule has 1 N–H and O–H groups in total. The summed E-state index contributed by atoms with van der Waals surface area (Å²) in [6.07, 6.45) is 2.32. The Hall–Kier alpha value is -1.84. The number of carboxylic acids is 1. The van der Waals surface area contributed by atoms with Gasteiger partial charge in [-0.2, -0.15) is 0 Å². The second kappa shape index (κ2) is 7.97. The van der Waals surface area contributed by atoms with Gasteiger partial charge in [0.1, 0.15) is 5.60 Å². The number of carbonyl (C=O) groups is 2. The minimum Gasteiger partial charge on any atom is -0.481 e. The fourth-order valence-electron chi connectivity index (χ4n) is 2.25. The lowest BCUT2D eigenvalue weighted by Crippen LogP contribution is -2.28. The number of carboxylic acid groups (broad SMARTS) is 1. The Morgan fingerprint density at radius 1 is 1.14 bits per heavy atom. The summed E-state index contributed by atoms with van der Waals surface area (Å²) in [5, 5.41) is 9.31. The minimum absolute atomic E-state index is 0.108. The van der Waals surface area contributed by atoms with Crippen LogP contribution < -0.4 is 0 Å². The molecule has 0 spiro atoms. The molecule has 0 aromatic heterocycles. The average molecular weight is 306 g/mol. The molecule has 0 fully saturated rings. The molecule has 4 heteroatoms. The van der Waals surface area contributed by atoms with Crippen LogP contribution in [0.5, 0.6) is 0 Å². The maximum atomic E-state index is 11.8. The number of hydrogen-bond donors (Lipinski definition) is 1. The van der Waals surface area contributed by atoms with Gasteiger partial charge in [0.15, 0.2) is 0 Å². The van der Waals surface area contributed by atoms with Crippen molar-refractivity contribution in [1.29, 1.82) is 0 Å². The van der Waals surface area contributed by atoms with Gasteiger partial charge in [-0.15, -0.1) is 0 Å². The predicted octanol–water partition coefficient (Wildman–Crippen LogP) is 3.61. The highest BCUT2D eigenvalue weighted by Gasteiger charge is 2.25. The van der Waals surface area contributed by atoms with Gasteiger partial charge in [0.25, 0.3) is 0 Å². The van der Waals surface area contributed by atoms with Crippen LogP contribution >= 0.6 is 0 Å². The van der Waals surface area contributed by atoms with Crippen LogP contribution in [-0.2, 0) is 27.2 Å². The van der Waals surface area contributed by atoms with Gasteiger partial charge in [-0.05, 0) is 44.7 Å². The second-order valence-electron chi connectivity index (χ2n) is 6.60. The first-order chi connectivity index (χ1) is 10.2. The maximum absolute atomic E-state index is 11.8. The number of carbonyl (C=O) groups excluding carboxylic acids is 1. The van der Waals surface area contributed by atoms with Crippen molar-refractivity contribution in [2.75, 3.05) is 0 Å². The second-order valence-corrected chi connectivity index (χ2v) is 6.60. The third-order valence-electron chi connectivity index (χ3n) is 3.23. The fourth-order valence-corrected chi connectivity index (χ4v) is 2.25. The van der Waals surface area contributed by atoms with Gasteiger partial charge in [0.2, 0.25) is 0 Å². The summed E-state index contributed by atoms with van der Waals surface area (Å²) in [6.45, 7) is 7.43. The lowest BCUT2D eigenvalue weighted by molar-refractivity contribution is -0.159. The summed E-state index contributed by atoms with van der Waals surface area (Å²) in [7, 11) is 0. The maximum Gasteiger partial charge on any atom is 0.307 e. The smallest absolute Gasteiger partial charge is 0.307 e. The summed E-state index contributed by atoms with van der Waals surface area (Å²) in [4.78, 5) is 23.2. The first-order valence-electron chi connectivity index (χ1n) is 7.73. The lowest BCUT2D eigenvalue weighted by Gasteiger charge is -2.21. The molecular weight excluding hydrogens is 280 g/mol. The first-order valence-corrected chi connectivity index (χ1v) is 7.73. The Labute approximate surface area is 132 Å².